The van der Waals surface area contributed by atoms with Gasteiger partial charge in [0.2, 0.25) is 10.0 Å². The fourth-order valence-electron chi connectivity index (χ4n) is 2.74. The van der Waals surface area contributed by atoms with Gasteiger partial charge in [0.15, 0.2) is 0 Å². The summed E-state index contributed by atoms with van der Waals surface area (Å²) in [5.41, 5.74) is 7.04. The lowest BCUT2D eigenvalue weighted by Gasteiger charge is -2.20. The number of sulfonamides is 1. The predicted octanol–water partition coefficient (Wildman–Crippen LogP) is 1.59. The van der Waals surface area contributed by atoms with E-state index >= 15 is 0 Å². The number of anilines is 1. The molecule has 1 aliphatic heterocycles. The molecule has 1 heterocycles. The standard InChI is InChI=1S/C15H25N3O2S/c1-12-7-14(16)9-15(8-12)21(19,20)17-10-13(2)11-18-5-3-4-6-18/h7-9,13,17H,3-6,10-11,16H2,1-2H3. The highest BCUT2D eigenvalue weighted by Gasteiger charge is 2.18. The van der Waals surface area contributed by atoms with E-state index in [-0.39, 0.29) is 4.90 Å². The Morgan fingerprint density at radius 3 is 2.57 bits per heavy atom. The minimum atomic E-state index is -3.48. The number of nitrogens with zero attached hydrogens (tertiary/aromatic N) is 1. The van der Waals surface area contributed by atoms with Crippen molar-refractivity contribution in [2.45, 2.75) is 31.6 Å². The van der Waals surface area contributed by atoms with E-state index in [1.165, 1.54) is 18.9 Å². The monoisotopic (exact) mass is 311 g/mol. The summed E-state index contributed by atoms with van der Waals surface area (Å²) in [7, 11) is -3.48. The number of hydrogen-bond acceptors (Lipinski definition) is 4. The number of likely N-dealkylation sites (tertiary alicyclic amines) is 1. The van der Waals surface area contributed by atoms with E-state index in [1.807, 2.05) is 6.92 Å². The van der Waals surface area contributed by atoms with Gasteiger partial charge in [0, 0.05) is 18.8 Å². The molecule has 5 nitrogen and oxygen atoms in total. The Bertz CT molecular complexity index is 560. The predicted molar refractivity (Wildman–Crippen MR) is 85.6 cm³/mol. The van der Waals surface area contributed by atoms with E-state index in [0.29, 0.717) is 18.2 Å². The van der Waals surface area contributed by atoms with Crippen LogP contribution in [0.3, 0.4) is 0 Å². The van der Waals surface area contributed by atoms with Crippen molar-refractivity contribution in [3.63, 3.8) is 0 Å². The van der Waals surface area contributed by atoms with E-state index in [0.717, 1.165) is 25.2 Å². The van der Waals surface area contributed by atoms with Crippen LogP contribution in [-0.4, -0.2) is 39.5 Å². The van der Waals surface area contributed by atoms with Gasteiger partial charge >= 0.3 is 0 Å². The first kappa shape index (κ1) is 16.3. The van der Waals surface area contributed by atoms with Gasteiger partial charge in [-0.2, -0.15) is 0 Å². The lowest BCUT2D eigenvalue weighted by Crippen LogP contribution is -2.34. The summed E-state index contributed by atoms with van der Waals surface area (Å²) in [6.07, 6.45) is 2.50. The second-order valence-electron chi connectivity index (χ2n) is 6.04. The van der Waals surface area contributed by atoms with Gasteiger partial charge in [-0.25, -0.2) is 13.1 Å². The number of nitrogen functional groups attached to an aromatic ring is 1. The molecule has 0 saturated carbocycles. The molecule has 0 amide bonds. The molecule has 0 aliphatic carbocycles. The summed E-state index contributed by atoms with van der Waals surface area (Å²) in [4.78, 5) is 2.64. The van der Waals surface area contributed by atoms with Crippen molar-refractivity contribution < 1.29 is 8.42 Å². The van der Waals surface area contributed by atoms with Gasteiger partial charge < -0.3 is 10.6 Å². The molecule has 118 valence electrons. The van der Waals surface area contributed by atoms with Crippen LogP contribution in [0.5, 0.6) is 0 Å². The summed E-state index contributed by atoms with van der Waals surface area (Å²) in [6.45, 7) is 7.57. The number of nitrogens with two attached hydrogens (primary N) is 1. The molecule has 0 spiro atoms. The van der Waals surface area contributed by atoms with Crippen LogP contribution in [0.1, 0.15) is 25.3 Å². The summed E-state index contributed by atoms with van der Waals surface area (Å²) in [5.74, 6) is 0.292. The normalized spacial score (nSPS) is 18.0. The van der Waals surface area contributed by atoms with Gasteiger partial charge in [-0.15, -0.1) is 0 Å². The Morgan fingerprint density at radius 2 is 1.95 bits per heavy atom. The fourth-order valence-corrected chi connectivity index (χ4v) is 4.04. The molecule has 1 aliphatic rings. The Labute approximate surface area is 127 Å². The molecule has 1 aromatic rings. The molecule has 1 saturated heterocycles. The first-order chi connectivity index (χ1) is 9.87. The van der Waals surface area contributed by atoms with E-state index < -0.39 is 10.0 Å². The van der Waals surface area contributed by atoms with E-state index in [9.17, 15) is 8.42 Å². The van der Waals surface area contributed by atoms with Crippen LogP contribution in [0, 0.1) is 12.8 Å². The third-order valence-corrected chi connectivity index (χ3v) is 5.18. The molecule has 1 atom stereocenters. The van der Waals surface area contributed by atoms with Gasteiger partial charge in [0.05, 0.1) is 4.90 Å². The van der Waals surface area contributed by atoms with Crippen LogP contribution in [0.25, 0.3) is 0 Å². The zero-order valence-corrected chi connectivity index (χ0v) is 13.6. The number of nitrogens with one attached hydrogen (secondary N) is 1. The topological polar surface area (TPSA) is 75.4 Å². The number of aryl methyl sites for hydroxylation is 1. The third kappa shape index (κ3) is 4.69. The Kier molecular flexibility index (Phi) is 5.24. The molecule has 21 heavy (non-hydrogen) atoms. The first-order valence-electron chi connectivity index (χ1n) is 7.46. The van der Waals surface area contributed by atoms with Crippen LogP contribution in [0.2, 0.25) is 0 Å². The minimum Gasteiger partial charge on any atom is -0.399 e. The number of hydrogen-bond donors (Lipinski definition) is 2. The van der Waals surface area contributed by atoms with Gasteiger partial charge in [0.1, 0.15) is 0 Å². The summed E-state index contributed by atoms with van der Waals surface area (Å²) in [5, 5.41) is 0. The van der Waals surface area contributed by atoms with E-state index in [2.05, 4.69) is 16.5 Å². The van der Waals surface area contributed by atoms with E-state index in [4.69, 9.17) is 5.73 Å². The number of benzene rings is 1. The largest absolute Gasteiger partial charge is 0.399 e. The molecule has 1 aromatic carbocycles. The summed E-state index contributed by atoms with van der Waals surface area (Å²) in [6, 6.07) is 4.90. The Balaban J connectivity index is 1.94. The maximum Gasteiger partial charge on any atom is 0.240 e. The molecule has 0 bridgehead atoms. The van der Waals surface area contributed by atoms with Crippen molar-refractivity contribution in [2.75, 3.05) is 31.9 Å². The maximum atomic E-state index is 12.3. The molecule has 6 heteroatoms. The maximum absolute atomic E-state index is 12.3. The lowest BCUT2D eigenvalue weighted by molar-refractivity contribution is 0.288. The second-order valence-corrected chi connectivity index (χ2v) is 7.81. The molecular weight excluding hydrogens is 286 g/mol. The summed E-state index contributed by atoms with van der Waals surface area (Å²) >= 11 is 0. The highest BCUT2D eigenvalue weighted by Crippen LogP contribution is 2.16. The van der Waals surface area contributed by atoms with Gasteiger partial charge in [0.25, 0.3) is 0 Å². The van der Waals surface area contributed by atoms with Crippen LogP contribution >= 0.6 is 0 Å². The average molecular weight is 311 g/mol. The highest BCUT2D eigenvalue weighted by atomic mass is 32.2. The SMILES string of the molecule is Cc1cc(N)cc(S(=O)(=O)NCC(C)CN2CCCC2)c1. The van der Waals surface area contributed by atoms with Crippen LogP contribution in [-0.2, 0) is 10.0 Å². The second kappa shape index (κ2) is 6.77. The zero-order chi connectivity index (χ0) is 15.5. The number of rotatable bonds is 6. The minimum absolute atomic E-state index is 0.244. The average Bonchev–Trinajstić information content (AvgIpc) is 2.88. The van der Waals surface area contributed by atoms with Crippen molar-refractivity contribution in [1.29, 1.82) is 0 Å². The first-order valence-corrected chi connectivity index (χ1v) is 8.94. The Morgan fingerprint density at radius 1 is 1.29 bits per heavy atom. The van der Waals surface area contributed by atoms with Crippen molar-refractivity contribution in [1.82, 2.24) is 9.62 Å². The molecular formula is C15H25N3O2S. The zero-order valence-electron chi connectivity index (χ0n) is 12.8. The van der Waals surface area contributed by atoms with Crippen molar-refractivity contribution in [3.8, 4) is 0 Å². The summed E-state index contributed by atoms with van der Waals surface area (Å²) < 4.78 is 27.3. The van der Waals surface area contributed by atoms with Crippen molar-refractivity contribution in [2.24, 2.45) is 5.92 Å². The van der Waals surface area contributed by atoms with Crippen molar-refractivity contribution >= 4 is 15.7 Å². The van der Waals surface area contributed by atoms with Crippen LogP contribution in [0.4, 0.5) is 5.69 Å². The lowest BCUT2D eigenvalue weighted by atomic mass is 10.2. The smallest absolute Gasteiger partial charge is 0.240 e. The van der Waals surface area contributed by atoms with Gasteiger partial charge in [-0.3, -0.25) is 0 Å². The van der Waals surface area contributed by atoms with Crippen LogP contribution in [0.15, 0.2) is 23.1 Å². The molecule has 2 rings (SSSR count). The molecule has 1 fully saturated rings. The van der Waals surface area contributed by atoms with Gasteiger partial charge in [-0.1, -0.05) is 6.92 Å². The van der Waals surface area contributed by atoms with Crippen LogP contribution < -0.4 is 10.5 Å². The fraction of sp³-hybridized carbons (Fsp3) is 0.600. The molecule has 1 unspecified atom stereocenters. The Hall–Kier alpha value is -1.11. The molecule has 0 radical (unpaired) electrons. The van der Waals surface area contributed by atoms with Crippen molar-refractivity contribution in [3.05, 3.63) is 23.8 Å². The quantitative estimate of drug-likeness (QED) is 0.782. The third-order valence-electron chi connectivity index (χ3n) is 3.77. The van der Waals surface area contributed by atoms with E-state index in [1.54, 1.807) is 12.1 Å². The highest BCUT2D eigenvalue weighted by molar-refractivity contribution is 7.89. The molecule has 0 aromatic heterocycles. The molecule has 3 N–H and O–H groups in total. The van der Waals surface area contributed by atoms with Gasteiger partial charge in [-0.05, 0) is 62.5 Å².